The number of thiophene rings is 1. The zero-order chi connectivity index (χ0) is 13.7. The van der Waals surface area contributed by atoms with Gasteiger partial charge in [-0.05, 0) is 43.9 Å². The third-order valence-corrected chi connectivity index (χ3v) is 4.64. The molecule has 0 radical (unpaired) electrons. The standard InChI is InChI=1S/C16H24N2S/c1-4-8-18(11-14-6-7-14)12-15-9-16(10-17-5-2)19-13(15)3/h1,9,14,17H,5-8,10-12H2,2-3H3. The number of hydrogen-bond donors (Lipinski definition) is 1. The maximum Gasteiger partial charge on any atom is 0.0601 e. The summed E-state index contributed by atoms with van der Waals surface area (Å²) in [4.78, 5) is 5.29. The molecule has 1 heterocycles. The van der Waals surface area contributed by atoms with Gasteiger partial charge < -0.3 is 5.32 Å². The molecule has 1 fully saturated rings. The van der Waals surface area contributed by atoms with Crippen molar-refractivity contribution >= 4 is 11.3 Å². The maximum absolute atomic E-state index is 5.49. The molecule has 1 N–H and O–H groups in total. The minimum Gasteiger partial charge on any atom is -0.312 e. The number of terminal acetylenes is 1. The second kappa shape index (κ2) is 7.09. The van der Waals surface area contributed by atoms with Crippen LogP contribution in [0, 0.1) is 25.2 Å². The Morgan fingerprint density at radius 1 is 1.53 bits per heavy atom. The van der Waals surface area contributed by atoms with E-state index in [1.807, 2.05) is 11.3 Å². The minimum atomic E-state index is 0.772. The fraction of sp³-hybridized carbons (Fsp3) is 0.625. The lowest BCUT2D eigenvalue weighted by molar-refractivity contribution is 0.286. The van der Waals surface area contributed by atoms with Gasteiger partial charge in [0.15, 0.2) is 0 Å². The van der Waals surface area contributed by atoms with Crippen LogP contribution in [0.5, 0.6) is 0 Å². The second-order valence-electron chi connectivity index (χ2n) is 5.39. The number of aryl methyl sites for hydroxylation is 1. The summed E-state index contributed by atoms with van der Waals surface area (Å²) in [5.41, 5.74) is 1.45. The Labute approximate surface area is 121 Å². The van der Waals surface area contributed by atoms with Crippen molar-refractivity contribution in [1.82, 2.24) is 10.2 Å². The molecule has 1 aromatic heterocycles. The first-order chi connectivity index (χ1) is 9.22. The Bertz CT molecular complexity index is 440. The van der Waals surface area contributed by atoms with Crippen molar-refractivity contribution in [3.05, 3.63) is 21.4 Å². The van der Waals surface area contributed by atoms with E-state index in [2.05, 4.69) is 36.1 Å². The largest absolute Gasteiger partial charge is 0.312 e. The lowest BCUT2D eigenvalue weighted by Crippen LogP contribution is -2.26. The number of nitrogens with zero attached hydrogens (tertiary/aromatic N) is 1. The summed E-state index contributed by atoms with van der Waals surface area (Å²) in [7, 11) is 0. The molecule has 19 heavy (non-hydrogen) atoms. The molecule has 0 unspecified atom stereocenters. The lowest BCUT2D eigenvalue weighted by atomic mass is 10.2. The Hall–Kier alpha value is -0.820. The number of hydrogen-bond acceptors (Lipinski definition) is 3. The molecule has 0 amide bonds. The van der Waals surface area contributed by atoms with Crippen LogP contribution in [0.2, 0.25) is 0 Å². The molecular weight excluding hydrogens is 252 g/mol. The predicted octanol–water partition coefficient (Wildman–Crippen LogP) is 3.01. The van der Waals surface area contributed by atoms with E-state index in [0.29, 0.717) is 0 Å². The fourth-order valence-electron chi connectivity index (χ4n) is 2.30. The van der Waals surface area contributed by atoms with Crippen LogP contribution in [0.3, 0.4) is 0 Å². The molecule has 1 aromatic rings. The Kier molecular flexibility index (Phi) is 5.45. The quantitative estimate of drug-likeness (QED) is 0.734. The Morgan fingerprint density at radius 2 is 2.32 bits per heavy atom. The molecule has 1 saturated carbocycles. The molecule has 0 aromatic carbocycles. The molecule has 1 aliphatic carbocycles. The van der Waals surface area contributed by atoms with Gasteiger partial charge in [0.2, 0.25) is 0 Å². The van der Waals surface area contributed by atoms with E-state index in [4.69, 9.17) is 6.42 Å². The van der Waals surface area contributed by atoms with E-state index in [-0.39, 0.29) is 0 Å². The molecule has 0 atom stereocenters. The highest BCUT2D eigenvalue weighted by atomic mass is 32.1. The first-order valence-electron chi connectivity index (χ1n) is 7.17. The van der Waals surface area contributed by atoms with Gasteiger partial charge >= 0.3 is 0 Å². The lowest BCUT2D eigenvalue weighted by Gasteiger charge is -2.19. The molecule has 0 spiro atoms. The number of nitrogens with one attached hydrogen (secondary N) is 1. The van der Waals surface area contributed by atoms with E-state index < -0.39 is 0 Å². The van der Waals surface area contributed by atoms with E-state index in [9.17, 15) is 0 Å². The maximum atomic E-state index is 5.49. The van der Waals surface area contributed by atoms with Crippen molar-refractivity contribution in [2.45, 2.75) is 39.8 Å². The zero-order valence-corrected chi connectivity index (χ0v) is 12.9. The zero-order valence-electron chi connectivity index (χ0n) is 12.0. The Balaban J connectivity index is 1.95. The van der Waals surface area contributed by atoms with Crippen molar-refractivity contribution in [3.8, 4) is 12.3 Å². The van der Waals surface area contributed by atoms with E-state index >= 15 is 0 Å². The predicted molar refractivity (Wildman–Crippen MR) is 83.3 cm³/mol. The van der Waals surface area contributed by atoms with Crippen LogP contribution in [-0.4, -0.2) is 24.5 Å². The van der Waals surface area contributed by atoms with Gasteiger partial charge in [0.25, 0.3) is 0 Å². The van der Waals surface area contributed by atoms with Crippen LogP contribution in [0.15, 0.2) is 6.07 Å². The minimum absolute atomic E-state index is 0.772. The van der Waals surface area contributed by atoms with Crippen molar-refractivity contribution in [1.29, 1.82) is 0 Å². The third-order valence-electron chi connectivity index (χ3n) is 3.54. The summed E-state index contributed by atoms with van der Waals surface area (Å²) in [6.07, 6.45) is 8.26. The van der Waals surface area contributed by atoms with Gasteiger partial charge in [-0.1, -0.05) is 12.8 Å². The van der Waals surface area contributed by atoms with Gasteiger partial charge in [-0.2, -0.15) is 0 Å². The molecule has 2 nitrogen and oxygen atoms in total. The van der Waals surface area contributed by atoms with E-state index in [0.717, 1.165) is 32.1 Å². The third kappa shape index (κ3) is 4.65. The normalized spacial score (nSPS) is 14.8. The molecule has 1 aliphatic rings. The van der Waals surface area contributed by atoms with Crippen LogP contribution in [-0.2, 0) is 13.1 Å². The molecule has 0 aliphatic heterocycles. The van der Waals surface area contributed by atoms with Crippen LogP contribution < -0.4 is 5.32 Å². The Morgan fingerprint density at radius 3 is 2.95 bits per heavy atom. The van der Waals surface area contributed by atoms with E-state index in [1.54, 1.807) is 0 Å². The highest BCUT2D eigenvalue weighted by molar-refractivity contribution is 7.12. The summed E-state index contributed by atoms with van der Waals surface area (Å²) in [6, 6.07) is 2.35. The van der Waals surface area contributed by atoms with Crippen LogP contribution in [0.4, 0.5) is 0 Å². The summed E-state index contributed by atoms with van der Waals surface area (Å²) < 4.78 is 0. The summed E-state index contributed by atoms with van der Waals surface area (Å²) in [5.74, 6) is 3.70. The molecular formula is C16H24N2S. The monoisotopic (exact) mass is 276 g/mol. The molecule has 0 saturated heterocycles. The van der Waals surface area contributed by atoms with Gasteiger partial charge in [-0.25, -0.2) is 0 Å². The SMILES string of the molecule is C#CCN(Cc1cc(CNCC)sc1C)CC1CC1. The van der Waals surface area contributed by atoms with Crippen molar-refractivity contribution in [2.75, 3.05) is 19.6 Å². The van der Waals surface area contributed by atoms with Gasteiger partial charge in [-0.15, -0.1) is 17.8 Å². The van der Waals surface area contributed by atoms with E-state index in [1.165, 1.54) is 34.7 Å². The smallest absolute Gasteiger partial charge is 0.0601 e. The fourth-order valence-corrected chi connectivity index (χ4v) is 3.32. The van der Waals surface area contributed by atoms with Crippen LogP contribution in [0.25, 0.3) is 0 Å². The molecule has 3 heteroatoms. The van der Waals surface area contributed by atoms with Crippen molar-refractivity contribution in [2.24, 2.45) is 5.92 Å². The topological polar surface area (TPSA) is 15.3 Å². The van der Waals surface area contributed by atoms with Gasteiger partial charge in [0, 0.05) is 29.4 Å². The molecule has 2 rings (SSSR count). The van der Waals surface area contributed by atoms with Crippen LogP contribution in [0.1, 0.15) is 35.1 Å². The van der Waals surface area contributed by atoms with Gasteiger partial charge in [0.1, 0.15) is 0 Å². The van der Waals surface area contributed by atoms with Crippen molar-refractivity contribution in [3.63, 3.8) is 0 Å². The molecule has 0 bridgehead atoms. The van der Waals surface area contributed by atoms with Gasteiger partial charge in [0.05, 0.1) is 6.54 Å². The first kappa shape index (κ1) is 14.6. The summed E-state index contributed by atoms with van der Waals surface area (Å²) >= 11 is 1.91. The summed E-state index contributed by atoms with van der Waals surface area (Å²) in [6.45, 7) is 9.33. The van der Waals surface area contributed by atoms with Crippen molar-refractivity contribution < 1.29 is 0 Å². The number of rotatable bonds is 8. The summed E-state index contributed by atoms with van der Waals surface area (Å²) in [5, 5.41) is 3.39. The van der Waals surface area contributed by atoms with Crippen LogP contribution >= 0.6 is 11.3 Å². The highest BCUT2D eigenvalue weighted by Crippen LogP contribution is 2.31. The first-order valence-corrected chi connectivity index (χ1v) is 7.99. The average Bonchev–Trinajstić information content (AvgIpc) is 3.12. The highest BCUT2D eigenvalue weighted by Gasteiger charge is 2.24. The second-order valence-corrected chi connectivity index (χ2v) is 6.73. The van der Waals surface area contributed by atoms with Gasteiger partial charge in [-0.3, -0.25) is 4.90 Å². The average molecular weight is 276 g/mol. The molecule has 104 valence electrons.